The van der Waals surface area contributed by atoms with Crippen LogP contribution in [-0.4, -0.2) is 15.0 Å². The van der Waals surface area contributed by atoms with Crippen molar-refractivity contribution in [3.8, 4) is 0 Å². The van der Waals surface area contributed by atoms with Gasteiger partial charge >= 0.3 is 0 Å². The second-order valence-corrected chi connectivity index (χ2v) is 5.89. The third-order valence-electron chi connectivity index (χ3n) is 2.27. The summed E-state index contributed by atoms with van der Waals surface area (Å²) in [4.78, 5) is 0. The van der Waals surface area contributed by atoms with Crippen molar-refractivity contribution >= 4 is 0 Å². The predicted octanol–water partition coefficient (Wildman–Crippen LogP) is 2.91. The lowest BCUT2D eigenvalue weighted by Crippen LogP contribution is -2.06. The van der Waals surface area contributed by atoms with Crippen LogP contribution in [0.4, 0.5) is 0 Å². The van der Waals surface area contributed by atoms with Crippen molar-refractivity contribution < 1.29 is 0 Å². The van der Waals surface area contributed by atoms with Gasteiger partial charge in [0.25, 0.3) is 0 Å². The average Bonchev–Trinajstić information content (AvgIpc) is 2.46. The fourth-order valence-electron chi connectivity index (χ4n) is 1.42. The lowest BCUT2D eigenvalue weighted by molar-refractivity contribution is 0.376. The van der Waals surface area contributed by atoms with Gasteiger partial charge in [0, 0.05) is 12.7 Å². The van der Waals surface area contributed by atoms with Crippen LogP contribution >= 0.6 is 0 Å². The van der Waals surface area contributed by atoms with E-state index in [-0.39, 0.29) is 0 Å². The van der Waals surface area contributed by atoms with Crippen molar-refractivity contribution in [2.45, 2.75) is 54.0 Å². The summed E-state index contributed by atoms with van der Waals surface area (Å²) >= 11 is 0. The highest BCUT2D eigenvalue weighted by Gasteiger charge is 2.11. The van der Waals surface area contributed by atoms with Crippen molar-refractivity contribution in [1.82, 2.24) is 15.0 Å². The Balaban J connectivity index is 2.46. The monoisotopic (exact) mass is 209 g/mol. The van der Waals surface area contributed by atoms with Gasteiger partial charge in [0.15, 0.2) is 0 Å². The van der Waals surface area contributed by atoms with Crippen LogP contribution in [0.25, 0.3) is 0 Å². The van der Waals surface area contributed by atoms with E-state index in [2.05, 4.69) is 51.1 Å². The fourth-order valence-corrected chi connectivity index (χ4v) is 1.42. The van der Waals surface area contributed by atoms with E-state index in [1.165, 1.54) is 0 Å². The molecule has 3 nitrogen and oxygen atoms in total. The van der Waals surface area contributed by atoms with Gasteiger partial charge in [0.1, 0.15) is 0 Å². The molecule has 0 bridgehead atoms. The molecule has 0 unspecified atom stereocenters. The lowest BCUT2D eigenvalue weighted by Gasteiger charge is -2.16. The minimum Gasteiger partial charge on any atom is -0.252 e. The molecule has 0 saturated heterocycles. The molecule has 0 saturated carbocycles. The zero-order valence-corrected chi connectivity index (χ0v) is 10.6. The molecule has 0 spiro atoms. The van der Waals surface area contributed by atoms with Crippen LogP contribution in [0.5, 0.6) is 0 Å². The molecular weight excluding hydrogens is 186 g/mol. The summed E-state index contributed by atoms with van der Waals surface area (Å²) in [5.74, 6) is 0.627. The van der Waals surface area contributed by atoms with Gasteiger partial charge in [-0.25, -0.2) is 0 Å². The van der Waals surface area contributed by atoms with Crippen LogP contribution in [0.15, 0.2) is 6.20 Å². The van der Waals surface area contributed by atoms with Gasteiger partial charge in [0.2, 0.25) is 0 Å². The Labute approximate surface area is 92.9 Å². The van der Waals surface area contributed by atoms with Crippen molar-refractivity contribution in [3.05, 3.63) is 11.9 Å². The van der Waals surface area contributed by atoms with Crippen LogP contribution in [0, 0.1) is 11.3 Å². The number of hydrogen-bond donors (Lipinski definition) is 0. The molecular formula is C12H23N3. The number of aromatic nitrogens is 3. The Hall–Kier alpha value is -0.860. The first-order chi connectivity index (χ1) is 6.87. The Morgan fingerprint density at radius 3 is 2.53 bits per heavy atom. The molecule has 0 radical (unpaired) electrons. The molecule has 0 aliphatic heterocycles. The topological polar surface area (TPSA) is 30.7 Å². The van der Waals surface area contributed by atoms with E-state index in [9.17, 15) is 0 Å². The Morgan fingerprint density at radius 1 is 1.33 bits per heavy atom. The number of hydrogen-bond acceptors (Lipinski definition) is 2. The Kier molecular flexibility index (Phi) is 3.89. The Morgan fingerprint density at radius 2 is 2.00 bits per heavy atom. The first-order valence-electron chi connectivity index (χ1n) is 5.76. The zero-order valence-electron chi connectivity index (χ0n) is 10.6. The molecule has 1 heterocycles. The molecule has 1 aromatic heterocycles. The van der Waals surface area contributed by atoms with E-state index in [1.54, 1.807) is 0 Å². The molecule has 1 rings (SSSR count). The van der Waals surface area contributed by atoms with E-state index in [0.29, 0.717) is 11.3 Å². The van der Waals surface area contributed by atoms with E-state index in [1.807, 2.05) is 4.68 Å². The summed E-state index contributed by atoms with van der Waals surface area (Å²) in [5, 5.41) is 8.31. The molecule has 0 aliphatic rings. The molecule has 15 heavy (non-hydrogen) atoms. The minimum atomic E-state index is 0.377. The summed E-state index contributed by atoms with van der Waals surface area (Å²) in [6, 6.07) is 0. The molecule has 0 N–H and O–H groups in total. The highest BCUT2D eigenvalue weighted by Crippen LogP contribution is 2.20. The second-order valence-electron chi connectivity index (χ2n) is 5.89. The highest BCUT2D eigenvalue weighted by atomic mass is 15.4. The largest absolute Gasteiger partial charge is 0.252 e. The summed E-state index contributed by atoms with van der Waals surface area (Å²) in [5.41, 5.74) is 1.49. The summed E-state index contributed by atoms with van der Waals surface area (Å²) in [7, 11) is 0. The van der Waals surface area contributed by atoms with Gasteiger partial charge < -0.3 is 0 Å². The molecule has 86 valence electrons. The third kappa shape index (κ3) is 4.96. The number of rotatable bonds is 4. The van der Waals surface area contributed by atoms with Gasteiger partial charge in [0.05, 0.1) is 5.69 Å². The molecule has 0 fully saturated rings. The van der Waals surface area contributed by atoms with Crippen LogP contribution in [0.1, 0.15) is 46.7 Å². The number of aryl methyl sites for hydroxylation is 1. The third-order valence-corrected chi connectivity index (χ3v) is 2.27. The van der Waals surface area contributed by atoms with Crippen molar-refractivity contribution in [3.63, 3.8) is 0 Å². The average molecular weight is 209 g/mol. The van der Waals surface area contributed by atoms with Crippen molar-refractivity contribution in [2.75, 3.05) is 0 Å². The maximum Gasteiger partial charge on any atom is 0.0827 e. The predicted molar refractivity (Wildman–Crippen MR) is 62.6 cm³/mol. The van der Waals surface area contributed by atoms with Crippen LogP contribution in [0.3, 0.4) is 0 Å². The number of nitrogens with zero attached hydrogens (tertiary/aromatic N) is 3. The maximum absolute atomic E-state index is 4.19. The van der Waals surface area contributed by atoms with E-state index < -0.39 is 0 Å². The minimum absolute atomic E-state index is 0.377. The van der Waals surface area contributed by atoms with Gasteiger partial charge in [-0.05, 0) is 24.2 Å². The van der Waals surface area contributed by atoms with Gasteiger partial charge in [-0.15, -0.1) is 5.10 Å². The van der Waals surface area contributed by atoms with Crippen LogP contribution in [0.2, 0.25) is 0 Å². The van der Waals surface area contributed by atoms with Crippen molar-refractivity contribution in [2.24, 2.45) is 11.3 Å². The second kappa shape index (κ2) is 4.77. The van der Waals surface area contributed by atoms with Crippen LogP contribution < -0.4 is 0 Å². The first-order valence-corrected chi connectivity index (χ1v) is 5.76. The maximum atomic E-state index is 4.19. The van der Waals surface area contributed by atoms with E-state index in [4.69, 9.17) is 0 Å². The van der Waals surface area contributed by atoms with Gasteiger partial charge in [-0.2, -0.15) is 0 Å². The molecule has 1 aromatic rings. The quantitative estimate of drug-likeness (QED) is 0.763. The molecule has 3 heteroatoms. The van der Waals surface area contributed by atoms with Crippen molar-refractivity contribution in [1.29, 1.82) is 0 Å². The molecule has 0 aromatic carbocycles. The van der Waals surface area contributed by atoms with Gasteiger partial charge in [-0.3, -0.25) is 4.68 Å². The normalized spacial score (nSPS) is 12.4. The van der Waals surface area contributed by atoms with E-state index in [0.717, 1.165) is 25.1 Å². The highest BCUT2D eigenvalue weighted by molar-refractivity contribution is 4.93. The summed E-state index contributed by atoms with van der Waals surface area (Å²) < 4.78 is 1.95. The fraction of sp³-hybridized carbons (Fsp3) is 0.833. The lowest BCUT2D eigenvalue weighted by atomic mass is 9.90. The standard InChI is InChI=1S/C12H23N3/c1-10(2)8-15-9-11(13-14-15)6-7-12(3,4)5/h9-10H,6-8H2,1-5H3. The van der Waals surface area contributed by atoms with Crippen LogP contribution in [-0.2, 0) is 13.0 Å². The molecule has 0 aliphatic carbocycles. The molecule has 0 amide bonds. The summed E-state index contributed by atoms with van der Waals surface area (Å²) in [6.45, 7) is 12.1. The SMILES string of the molecule is CC(C)Cn1cc(CCC(C)(C)C)nn1. The zero-order chi connectivity index (χ0) is 11.5. The van der Waals surface area contributed by atoms with E-state index >= 15 is 0 Å². The summed E-state index contributed by atoms with van der Waals surface area (Å²) in [6.07, 6.45) is 4.26. The smallest absolute Gasteiger partial charge is 0.0827 e. The Bertz CT molecular complexity index is 294. The first kappa shape index (κ1) is 12.2. The van der Waals surface area contributed by atoms with Gasteiger partial charge in [-0.1, -0.05) is 39.8 Å². The molecule has 0 atom stereocenters.